The predicted octanol–water partition coefficient (Wildman–Crippen LogP) is 3.03. The van der Waals surface area contributed by atoms with Crippen LogP contribution in [0.5, 0.6) is 5.75 Å². The van der Waals surface area contributed by atoms with Gasteiger partial charge in [0.25, 0.3) is 0 Å². The van der Waals surface area contributed by atoms with Crippen molar-refractivity contribution in [3.63, 3.8) is 0 Å². The molecule has 0 spiro atoms. The van der Waals surface area contributed by atoms with Crippen LogP contribution in [0.1, 0.15) is 31.7 Å². The van der Waals surface area contributed by atoms with E-state index in [0.29, 0.717) is 24.5 Å². The van der Waals surface area contributed by atoms with Crippen molar-refractivity contribution in [1.82, 2.24) is 0 Å². The highest BCUT2D eigenvalue weighted by atomic mass is 19.1. The minimum atomic E-state index is -0.631. The van der Waals surface area contributed by atoms with Gasteiger partial charge in [-0.3, -0.25) is 0 Å². The van der Waals surface area contributed by atoms with E-state index >= 15 is 0 Å². The van der Waals surface area contributed by atoms with Gasteiger partial charge in [0.05, 0.1) is 6.61 Å². The summed E-state index contributed by atoms with van der Waals surface area (Å²) >= 11 is 0. The summed E-state index contributed by atoms with van der Waals surface area (Å²) < 4.78 is 32.7. The van der Waals surface area contributed by atoms with Crippen LogP contribution in [0.15, 0.2) is 12.1 Å². The zero-order valence-corrected chi connectivity index (χ0v) is 10.6. The molecule has 0 radical (unpaired) electrons. The van der Waals surface area contributed by atoms with E-state index in [0.717, 1.165) is 19.3 Å². The normalized spacial score (nSPS) is 16.7. The number of halogens is 2. The number of rotatable bonds is 6. The predicted molar refractivity (Wildman–Crippen MR) is 66.5 cm³/mol. The monoisotopic (exact) mass is 255 g/mol. The molecule has 1 aromatic carbocycles. The van der Waals surface area contributed by atoms with Crippen LogP contribution in [0.3, 0.4) is 0 Å². The molecule has 0 amide bonds. The average molecular weight is 255 g/mol. The van der Waals surface area contributed by atoms with Crippen molar-refractivity contribution in [3.8, 4) is 5.75 Å². The fourth-order valence-electron chi connectivity index (χ4n) is 1.80. The quantitative estimate of drug-likeness (QED) is 0.848. The first-order valence-corrected chi connectivity index (χ1v) is 6.46. The summed E-state index contributed by atoms with van der Waals surface area (Å²) in [5, 5.41) is 0. The van der Waals surface area contributed by atoms with Crippen LogP contribution < -0.4 is 10.5 Å². The van der Waals surface area contributed by atoms with E-state index in [-0.39, 0.29) is 11.8 Å². The Morgan fingerprint density at radius 3 is 2.44 bits per heavy atom. The number of hydrogen-bond donors (Lipinski definition) is 1. The Morgan fingerprint density at radius 2 is 1.94 bits per heavy atom. The Bertz CT molecular complexity index is 395. The fourth-order valence-corrected chi connectivity index (χ4v) is 1.80. The van der Waals surface area contributed by atoms with Crippen LogP contribution in [-0.4, -0.2) is 12.6 Å². The van der Waals surface area contributed by atoms with Crippen molar-refractivity contribution >= 4 is 0 Å². The summed E-state index contributed by atoms with van der Waals surface area (Å²) in [7, 11) is 0. The van der Waals surface area contributed by atoms with E-state index < -0.39 is 11.6 Å². The van der Waals surface area contributed by atoms with Crippen molar-refractivity contribution in [1.29, 1.82) is 0 Å². The summed E-state index contributed by atoms with van der Waals surface area (Å²) in [5.74, 6) is -1.05. The second kappa shape index (κ2) is 5.65. The van der Waals surface area contributed by atoms with Crippen molar-refractivity contribution in [3.05, 3.63) is 29.3 Å². The molecule has 0 bridgehead atoms. The number of hydrogen-bond acceptors (Lipinski definition) is 2. The lowest BCUT2D eigenvalue weighted by molar-refractivity contribution is 0.270. The van der Waals surface area contributed by atoms with Gasteiger partial charge in [-0.1, -0.05) is 6.92 Å². The number of benzene rings is 1. The van der Waals surface area contributed by atoms with E-state index in [1.54, 1.807) is 0 Å². The Morgan fingerprint density at radius 1 is 1.33 bits per heavy atom. The van der Waals surface area contributed by atoms with Gasteiger partial charge < -0.3 is 10.5 Å². The molecule has 1 aliphatic rings. The minimum Gasteiger partial charge on any atom is -0.487 e. The molecule has 1 unspecified atom stereocenters. The van der Waals surface area contributed by atoms with E-state index in [1.807, 2.05) is 6.92 Å². The maximum absolute atomic E-state index is 13.7. The molecule has 0 heterocycles. The van der Waals surface area contributed by atoms with E-state index in [9.17, 15) is 8.78 Å². The Balaban J connectivity index is 2.06. The Labute approximate surface area is 106 Å². The zero-order chi connectivity index (χ0) is 13.1. The third-order valence-corrected chi connectivity index (χ3v) is 3.24. The molecule has 18 heavy (non-hydrogen) atoms. The molecule has 1 atom stereocenters. The third kappa shape index (κ3) is 3.42. The SMILES string of the molecule is CCC(N)Cc1cc(F)c(OCC2CC2)c(F)c1. The molecule has 0 aliphatic heterocycles. The Hall–Kier alpha value is -1.16. The maximum Gasteiger partial charge on any atom is 0.190 e. The maximum atomic E-state index is 13.7. The smallest absolute Gasteiger partial charge is 0.190 e. The van der Waals surface area contributed by atoms with Crippen molar-refractivity contribution in [2.75, 3.05) is 6.61 Å². The second-order valence-electron chi connectivity index (χ2n) is 5.02. The summed E-state index contributed by atoms with van der Waals surface area (Å²) in [4.78, 5) is 0. The van der Waals surface area contributed by atoms with Gasteiger partial charge in [-0.2, -0.15) is 0 Å². The van der Waals surface area contributed by atoms with Crippen LogP contribution in [0, 0.1) is 17.6 Å². The highest BCUT2D eigenvalue weighted by Gasteiger charge is 2.23. The first-order valence-electron chi connectivity index (χ1n) is 6.46. The van der Waals surface area contributed by atoms with Crippen molar-refractivity contribution < 1.29 is 13.5 Å². The van der Waals surface area contributed by atoms with Crippen LogP contribution >= 0.6 is 0 Å². The number of nitrogens with two attached hydrogens (primary N) is 1. The molecule has 4 heteroatoms. The standard InChI is InChI=1S/C14H19F2NO/c1-2-11(17)5-10-6-12(15)14(13(16)7-10)18-8-9-3-4-9/h6-7,9,11H,2-5,8,17H2,1H3. The van der Waals surface area contributed by atoms with Crippen molar-refractivity contribution in [2.24, 2.45) is 11.7 Å². The zero-order valence-electron chi connectivity index (χ0n) is 10.6. The van der Waals surface area contributed by atoms with E-state index in [1.165, 1.54) is 12.1 Å². The van der Waals surface area contributed by atoms with Crippen molar-refractivity contribution in [2.45, 2.75) is 38.6 Å². The Kier molecular flexibility index (Phi) is 4.17. The molecule has 100 valence electrons. The lowest BCUT2D eigenvalue weighted by atomic mass is 10.0. The van der Waals surface area contributed by atoms with Crippen LogP contribution in [0.2, 0.25) is 0 Å². The lowest BCUT2D eigenvalue weighted by Gasteiger charge is -2.12. The largest absolute Gasteiger partial charge is 0.487 e. The molecule has 0 saturated heterocycles. The molecule has 2 nitrogen and oxygen atoms in total. The van der Waals surface area contributed by atoms with Gasteiger partial charge in [0, 0.05) is 6.04 Å². The molecular formula is C14H19F2NO. The van der Waals surface area contributed by atoms with Gasteiger partial charge in [-0.05, 0) is 49.3 Å². The molecule has 2 N–H and O–H groups in total. The summed E-state index contributed by atoms with van der Waals surface area (Å²) in [5.41, 5.74) is 6.36. The third-order valence-electron chi connectivity index (χ3n) is 3.24. The molecule has 1 saturated carbocycles. The molecule has 2 rings (SSSR count). The van der Waals surface area contributed by atoms with Crippen LogP contribution in [0.25, 0.3) is 0 Å². The molecule has 1 fully saturated rings. The highest BCUT2D eigenvalue weighted by Crippen LogP contribution is 2.31. The highest BCUT2D eigenvalue weighted by molar-refractivity contribution is 5.31. The van der Waals surface area contributed by atoms with Crippen LogP contribution in [-0.2, 0) is 6.42 Å². The van der Waals surface area contributed by atoms with E-state index in [2.05, 4.69) is 0 Å². The van der Waals surface area contributed by atoms with Gasteiger partial charge in [0.1, 0.15) is 0 Å². The number of ether oxygens (including phenoxy) is 1. The molecule has 1 aliphatic carbocycles. The molecular weight excluding hydrogens is 236 g/mol. The topological polar surface area (TPSA) is 35.2 Å². The van der Waals surface area contributed by atoms with Gasteiger partial charge in [-0.25, -0.2) is 8.78 Å². The fraction of sp³-hybridized carbons (Fsp3) is 0.571. The van der Waals surface area contributed by atoms with E-state index in [4.69, 9.17) is 10.5 Å². The van der Waals surface area contributed by atoms with Gasteiger partial charge in [0.2, 0.25) is 0 Å². The minimum absolute atomic E-state index is 0.0676. The van der Waals surface area contributed by atoms with Gasteiger partial charge in [-0.15, -0.1) is 0 Å². The average Bonchev–Trinajstić information content (AvgIpc) is 3.11. The van der Waals surface area contributed by atoms with Crippen LogP contribution in [0.4, 0.5) is 8.78 Å². The first kappa shape index (κ1) is 13.3. The lowest BCUT2D eigenvalue weighted by Crippen LogP contribution is -2.21. The molecule has 0 aromatic heterocycles. The summed E-state index contributed by atoms with van der Waals surface area (Å²) in [6.45, 7) is 2.35. The summed E-state index contributed by atoms with van der Waals surface area (Å²) in [6, 6.07) is 2.57. The second-order valence-corrected chi connectivity index (χ2v) is 5.02. The summed E-state index contributed by atoms with van der Waals surface area (Å²) in [6.07, 6.45) is 3.44. The first-order chi connectivity index (χ1) is 8.60. The molecule has 1 aromatic rings. The van der Waals surface area contributed by atoms with Gasteiger partial charge in [0.15, 0.2) is 17.4 Å². The van der Waals surface area contributed by atoms with Gasteiger partial charge >= 0.3 is 0 Å².